The molecule has 2 aromatic rings. The van der Waals surface area contributed by atoms with E-state index in [2.05, 4.69) is 41.9 Å². The Balaban J connectivity index is 2.36. The van der Waals surface area contributed by atoms with Crippen LogP contribution in [0.3, 0.4) is 0 Å². The number of aliphatic carboxylic acids is 2. The van der Waals surface area contributed by atoms with Crippen LogP contribution in [0.2, 0.25) is 0 Å². The maximum Gasteiger partial charge on any atom is 0.326 e. The molecule has 0 saturated carbocycles. The highest BCUT2D eigenvalue weighted by Gasteiger charge is 2.36. The normalized spacial score (nSPS) is 14.9. The topological polar surface area (TPSA) is 419 Å². The van der Waals surface area contributed by atoms with Gasteiger partial charge in [0.25, 0.3) is 0 Å². The summed E-state index contributed by atoms with van der Waals surface area (Å²) >= 11 is 0. The summed E-state index contributed by atoms with van der Waals surface area (Å²) in [5.74, 6) is -10.7. The van der Waals surface area contributed by atoms with Crippen LogP contribution < -0.4 is 54.8 Å². The van der Waals surface area contributed by atoms with Crippen LogP contribution in [0.1, 0.15) is 78.7 Å². The molecule has 0 aliphatic carbocycles. The van der Waals surface area contributed by atoms with Gasteiger partial charge < -0.3 is 75.1 Å². The van der Waals surface area contributed by atoms with Gasteiger partial charge in [0.15, 0.2) is 5.96 Å². The molecule has 1 heterocycles. The third kappa shape index (κ3) is 18.4. The minimum absolute atomic E-state index is 0.0715. The second-order valence-corrected chi connectivity index (χ2v) is 16.4. The first-order chi connectivity index (χ1) is 30.4. The highest BCUT2D eigenvalue weighted by atomic mass is 16.4. The van der Waals surface area contributed by atoms with Crippen molar-refractivity contribution in [2.24, 2.45) is 39.8 Å². The molecule has 65 heavy (non-hydrogen) atoms. The monoisotopic (exact) mass is 916 g/mol. The molecule has 1 aromatic heterocycles. The molecular weight excluding hydrogens is 853 g/mol. The number of hydrogen-bond acceptors (Lipinski definition) is 12. The Morgan fingerprint density at radius 2 is 1.25 bits per heavy atom. The maximum atomic E-state index is 13.8. The van der Waals surface area contributed by atoms with Gasteiger partial charge in [0, 0.05) is 36.5 Å². The van der Waals surface area contributed by atoms with E-state index < -0.39 is 114 Å². The second kappa shape index (κ2) is 26.1. The van der Waals surface area contributed by atoms with Crippen molar-refractivity contribution in [1.29, 1.82) is 0 Å². The standard InChI is InChI=1S/C41H64N12O12/c1-19(2)15-27(49-35(59)26(12-13-30(43)55)48-34(58)24(42)10-8-14-46-41(44)45)36(60)50-29(17-31(56)57)38(62)53-33(21(5)54)39(63)51-28(37(61)52-32(20(3)4)40(64)65)16-22-18-47-25-11-7-6-9-23(22)25/h6-7,9,11,18-21,24,26-29,32-33,47,54H,8,10,12-17,42H2,1-5H3,(H2,43,55)(H,48,58)(H,49,59)(H,50,60)(H,51,63)(H,52,61)(H,53,62)(H,56,57)(H,64,65)(H4,44,45,46)/t21-,24+,26+,27+,28+,29+,32+,33+/m1/s1. The number of rotatable bonds is 28. The van der Waals surface area contributed by atoms with Gasteiger partial charge >= 0.3 is 11.9 Å². The number of hydrogen-bond donors (Lipinski definition) is 14. The summed E-state index contributed by atoms with van der Waals surface area (Å²) < 4.78 is 0. The molecule has 7 amide bonds. The van der Waals surface area contributed by atoms with Crippen molar-refractivity contribution in [3.05, 3.63) is 36.0 Å². The number of guanidine groups is 1. The number of nitrogens with zero attached hydrogens (tertiary/aromatic N) is 1. The van der Waals surface area contributed by atoms with Crippen molar-refractivity contribution in [2.75, 3.05) is 6.54 Å². The van der Waals surface area contributed by atoms with Gasteiger partial charge in [0.1, 0.15) is 36.3 Å². The number of carbonyl (C=O) groups excluding carboxylic acids is 7. The van der Waals surface area contributed by atoms with Gasteiger partial charge in [-0.15, -0.1) is 0 Å². The van der Waals surface area contributed by atoms with Gasteiger partial charge in [-0.05, 0) is 56.1 Å². The van der Waals surface area contributed by atoms with Crippen molar-refractivity contribution in [1.82, 2.24) is 36.9 Å². The number of carboxylic acids is 2. The van der Waals surface area contributed by atoms with E-state index in [9.17, 15) is 58.5 Å². The van der Waals surface area contributed by atoms with Crippen molar-refractivity contribution in [3.63, 3.8) is 0 Å². The van der Waals surface area contributed by atoms with Gasteiger partial charge in [-0.25, -0.2) is 4.79 Å². The molecule has 18 N–H and O–H groups in total. The molecule has 24 nitrogen and oxygen atoms in total. The van der Waals surface area contributed by atoms with Crippen LogP contribution in [0, 0.1) is 11.8 Å². The number of amides is 7. The van der Waals surface area contributed by atoms with Crippen LogP contribution in [-0.4, -0.2) is 134 Å². The predicted molar refractivity (Wildman–Crippen MR) is 236 cm³/mol. The van der Waals surface area contributed by atoms with Crippen molar-refractivity contribution in [3.8, 4) is 0 Å². The molecule has 1 aromatic carbocycles. The van der Waals surface area contributed by atoms with Crippen molar-refractivity contribution in [2.45, 2.75) is 128 Å². The number of aliphatic imine (C=N–C) groups is 1. The number of nitrogens with two attached hydrogens (primary N) is 4. The van der Waals surface area contributed by atoms with Gasteiger partial charge in [-0.3, -0.25) is 43.3 Å². The summed E-state index contributed by atoms with van der Waals surface area (Å²) in [6.45, 7) is 7.84. The van der Waals surface area contributed by atoms with Gasteiger partial charge in [-0.2, -0.15) is 0 Å². The van der Waals surface area contributed by atoms with E-state index >= 15 is 0 Å². The molecule has 0 radical (unpaired) electrons. The highest BCUT2D eigenvalue weighted by molar-refractivity contribution is 5.98. The summed E-state index contributed by atoms with van der Waals surface area (Å²) in [6.07, 6.45) is -1.58. The lowest BCUT2D eigenvalue weighted by Crippen LogP contribution is -2.62. The Morgan fingerprint density at radius 3 is 1.82 bits per heavy atom. The van der Waals surface area contributed by atoms with Crippen LogP contribution in [0.4, 0.5) is 0 Å². The number of aromatic nitrogens is 1. The first-order valence-electron chi connectivity index (χ1n) is 21.0. The molecule has 0 saturated heterocycles. The summed E-state index contributed by atoms with van der Waals surface area (Å²) in [5, 5.41) is 45.2. The first kappa shape index (κ1) is 54.3. The summed E-state index contributed by atoms with van der Waals surface area (Å²) in [7, 11) is 0. The Kier molecular flexibility index (Phi) is 21.8. The zero-order valence-corrected chi connectivity index (χ0v) is 37.1. The number of fused-ring (bicyclic) bond motifs is 1. The third-order valence-corrected chi connectivity index (χ3v) is 9.99. The van der Waals surface area contributed by atoms with Crippen molar-refractivity contribution < 1.29 is 58.5 Å². The van der Waals surface area contributed by atoms with Gasteiger partial charge in [-0.1, -0.05) is 45.9 Å². The Morgan fingerprint density at radius 1 is 0.692 bits per heavy atom. The van der Waals surface area contributed by atoms with E-state index in [0.29, 0.717) is 22.9 Å². The molecule has 0 fully saturated rings. The summed E-state index contributed by atoms with van der Waals surface area (Å²) in [5.41, 5.74) is 23.2. The van der Waals surface area contributed by atoms with E-state index in [-0.39, 0.29) is 50.5 Å². The minimum Gasteiger partial charge on any atom is -0.481 e. The van der Waals surface area contributed by atoms with Crippen LogP contribution in [0.15, 0.2) is 35.5 Å². The molecule has 0 unspecified atom stereocenters. The van der Waals surface area contributed by atoms with Gasteiger partial charge in [0.2, 0.25) is 41.4 Å². The summed E-state index contributed by atoms with van der Waals surface area (Å²) in [4.78, 5) is 124. The van der Waals surface area contributed by atoms with E-state index in [1.165, 1.54) is 0 Å². The van der Waals surface area contributed by atoms with E-state index in [1.54, 1.807) is 58.2 Å². The van der Waals surface area contributed by atoms with Crippen LogP contribution in [-0.2, 0) is 49.6 Å². The third-order valence-electron chi connectivity index (χ3n) is 9.99. The van der Waals surface area contributed by atoms with Crippen molar-refractivity contribution >= 4 is 70.2 Å². The number of H-pyrrole nitrogens is 1. The number of nitrogens with one attached hydrogen (secondary N) is 7. The summed E-state index contributed by atoms with van der Waals surface area (Å²) in [6, 6.07) is -3.50. The zero-order chi connectivity index (χ0) is 49.1. The Hall–Kier alpha value is -6.82. The molecule has 360 valence electrons. The SMILES string of the molecule is CC(C)C[C@H](NC(=O)[C@H](CCC(N)=O)NC(=O)[C@@H](N)CCCN=C(N)N)C(=O)N[C@@H](CC(=O)O)C(=O)N[C@H](C(=O)N[C@@H](Cc1c[nH]c2ccccc12)C(=O)N[C@H](C(=O)O)C(C)C)[C@@H](C)O. The van der Waals surface area contributed by atoms with Crippen LogP contribution >= 0.6 is 0 Å². The average Bonchev–Trinajstić information content (AvgIpc) is 3.62. The Bertz CT molecular complexity index is 2030. The number of carboxylic acid groups (broad SMARTS) is 2. The predicted octanol–water partition coefficient (Wildman–Crippen LogP) is -3.09. The molecule has 0 aliphatic heterocycles. The molecule has 0 spiro atoms. The number of primary amides is 1. The molecule has 8 atom stereocenters. The van der Waals surface area contributed by atoms with E-state index in [4.69, 9.17) is 22.9 Å². The van der Waals surface area contributed by atoms with E-state index in [0.717, 1.165) is 6.92 Å². The fourth-order valence-corrected chi connectivity index (χ4v) is 6.53. The first-order valence-corrected chi connectivity index (χ1v) is 21.0. The lowest BCUT2D eigenvalue weighted by molar-refractivity contribution is -0.143. The fraction of sp³-hybridized carbons (Fsp3) is 0.561. The number of carbonyl (C=O) groups is 9. The Labute approximate surface area is 375 Å². The molecule has 0 aliphatic rings. The number of benzene rings is 1. The van der Waals surface area contributed by atoms with Crippen LogP contribution in [0.25, 0.3) is 10.9 Å². The quantitative estimate of drug-likeness (QED) is 0.0229. The number of aliphatic hydroxyl groups is 1. The van der Waals surface area contributed by atoms with Gasteiger partial charge in [0.05, 0.1) is 18.6 Å². The number of aliphatic hydroxyl groups excluding tert-OH is 1. The van der Waals surface area contributed by atoms with Crippen LogP contribution in [0.5, 0.6) is 0 Å². The minimum atomic E-state index is -1.91. The number of para-hydroxylation sites is 1. The molecule has 2 rings (SSSR count). The zero-order valence-electron chi connectivity index (χ0n) is 37.1. The fourth-order valence-electron chi connectivity index (χ4n) is 6.53. The number of aromatic amines is 1. The van der Waals surface area contributed by atoms with E-state index in [1.807, 2.05) is 0 Å². The average molecular weight is 917 g/mol. The highest BCUT2D eigenvalue weighted by Crippen LogP contribution is 2.20. The largest absolute Gasteiger partial charge is 0.481 e. The molecule has 0 bridgehead atoms. The lowest BCUT2D eigenvalue weighted by Gasteiger charge is -2.28. The molecular formula is C41H64N12O12. The molecule has 24 heteroatoms. The smallest absolute Gasteiger partial charge is 0.326 e. The lowest BCUT2D eigenvalue weighted by atomic mass is 10.0. The second-order valence-electron chi connectivity index (χ2n) is 16.4. The maximum absolute atomic E-state index is 13.8.